The molecule has 2 aromatic carbocycles. The molecule has 0 aliphatic heterocycles. The van der Waals surface area contributed by atoms with Crippen molar-refractivity contribution >= 4 is 0 Å². The van der Waals surface area contributed by atoms with Gasteiger partial charge in [0.15, 0.2) is 11.6 Å². The average Bonchev–Trinajstić information content (AvgIpc) is 2.41. The van der Waals surface area contributed by atoms with Crippen LogP contribution in [0.5, 0.6) is 0 Å². The fourth-order valence-corrected chi connectivity index (χ4v) is 2.10. The lowest BCUT2D eigenvalue weighted by atomic mass is 9.97. The summed E-state index contributed by atoms with van der Waals surface area (Å²) in [5.41, 5.74) is 3.69. The summed E-state index contributed by atoms with van der Waals surface area (Å²) >= 11 is 0. The standard InChI is InChI=1S/C15H15F3N2/c1-9-5-6-11(13(17)7-9)14(20-19)8-10-3-2-4-12(16)15(10)18/h2-7,14,20H,8,19H2,1H3. The predicted octanol–water partition coefficient (Wildman–Crippen LogP) is 3.16. The van der Waals surface area contributed by atoms with Crippen molar-refractivity contribution in [2.75, 3.05) is 0 Å². The molecule has 0 bridgehead atoms. The number of hydrogen-bond donors (Lipinski definition) is 2. The van der Waals surface area contributed by atoms with Gasteiger partial charge in [0.25, 0.3) is 0 Å². The fourth-order valence-electron chi connectivity index (χ4n) is 2.10. The van der Waals surface area contributed by atoms with Gasteiger partial charge in [-0.25, -0.2) is 13.2 Å². The first-order valence-corrected chi connectivity index (χ1v) is 6.18. The van der Waals surface area contributed by atoms with E-state index in [1.807, 2.05) is 0 Å². The lowest BCUT2D eigenvalue weighted by Gasteiger charge is -2.18. The molecule has 2 rings (SSSR count). The summed E-state index contributed by atoms with van der Waals surface area (Å²) in [4.78, 5) is 0. The van der Waals surface area contributed by atoms with Crippen LogP contribution in [0.3, 0.4) is 0 Å². The zero-order chi connectivity index (χ0) is 14.7. The number of hydrazine groups is 1. The van der Waals surface area contributed by atoms with Gasteiger partial charge in [0.2, 0.25) is 0 Å². The number of halogens is 3. The maximum atomic E-state index is 13.9. The van der Waals surface area contributed by atoms with Crippen LogP contribution in [-0.2, 0) is 6.42 Å². The summed E-state index contributed by atoms with van der Waals surface area (Å²) in [6.45, 7) is 1.77. The number of aryl methyl sites for hydroxylation is 1. The molecule has 1 atom stereocenters. The third kappa shape index (κ3) is 3.00. The minimum atomic E-state index is -0.930. The topological polar surface area (TPSA) is 38.0 Å². The third-order valence-corrected chi connectivity index (χ3v) is 3.19. The van der Waals surface area contributed by atoms with Crippen LogP contribution in [0, 0.1) is 24.4 Å². The van der Waals surface area contributed by atoms with Crippen molar-refractivity contribution in [2.24, 2.45) is 5.84 Å². The van der Waals surface area contributed by atoms with Crippen LogP contribution in [0.4, 0.5) is 13.2 Å². The van der Waals surface area contributed by atoms with E-state index in [1.54, 1.807) is 19.1 Å². The van der Waals surface area contributed by atoms with Gasteiger partial charge in [0.1, 0.15) is 5.82 Å². The van der Waals surface area contributed by atoms with E-state index in [0.29, 0.717) is 5.56 Å². The van der Waals surface area contributed by atoms with E-state index in [0.717, 1.165) is 11.6 Å². The first kappa shape index (κ1) is 14.6. The summed E-state index contributed by atoms with van der Waals surface area (Å²) in [6.07, 6.45) is 0.0556. The van der Waals surface area contributed by atoms with Gasteiger partial charge in [-0.3, -0.25) is 11.3 Å². The second-order valence-electron chi connectivity index (χ2n) is 4.66. The normalized spacial score (nSPS) is 12.4. The second-order valence-corrected chi connectivity index (χ2v) is 4.66. The maximum absolute atomic E-state index is 13.9. The molecule has 0 aliphatic rings. The van der Waals surface area contributed by atoms with Gasteiger partial charge in [0.05, 0.1) is 6.04 Å². The molecule has 0 heterocycles. The Hall–Kier alpha value is -1.85. The Bertz CT molecular complexity index is 614. The Labute approximate surface area is 115 Å². The highest BCUT2D eigenvalue weighted by Crippen LogP contribution is 2.23. The second kappa shape index (κ2) is 6.07. The zero-order valence-electron chi connectivity index (χ0n) is 11.0. The molecule has 1 unspecified atom stereocenters. The third-order valence-electron chi connectivity index (χ3n) is 3.19. The summed E-state index contributed by atoms with van der Waals surface area (Å²) in [6, 6.07) is 7.98. The smallest absolute Gasteiger partial charge is 0.162 e. The molecule has 0 aliphatic carbocycles. The average molecular weight is 280 g/mol. The summed E-state index contributed by atoms with van der Waals surface area (Å²) in [7, 11) is 0. The van der Waals surface area contributed by atoms with Crippen LogP contribution in [0.25, 0.3) is 0 Å². The molecule has 5 heteroatoms. The lowest BCUT2D eigenvalue weighted by molar-refractivity contribution is 0.472. The summed E-state index contributed by atoms with van der Waals surface area (Å²) in [5, 5.41) is 0. The zero-order valence-corrected chi connectivity index (χ0v) is 11.0. The molecular formula is C15H15F3N2. The molecule has 2 aromatic rings. The molecule has 20 heavy (non-hydrogen) atoms. The van der Waals surface area contributed by atoms with E-state index >= 15 is 0 Å². The number of benzene rings is 2. The molecule has 0 radical (unpaired) electrons. The molecule has 0 fully saturated rings. The van der Waals surface area contributed by atoms with Crippen LogP contribution in [0.1, 0.15) is 22.7 Å². The minimum absolute atomic E-state index is 0.0556. The Kier molecular flexibility index (Phi) is 4.42. The SMILES string of the molecule is Cc1ccc(C(Cc2cccc(F)c2F)NN)c(F)c1. The molecule has 0 aromatic heterocycles. The number of hydrogen-bond acceptors (Lipinski definition) is 2. The Morgan fingerprint density at radius 3 is 2.50 bits per heavy atom. The number of nitrogens with two attached hydrogens (primary N) is 1. The maximum Gasteiger partial charge on any atom is 0.162 e. The van der Waals surface area contributed by atoms with Crippen molar-refractivity contribution in [3.05, 3.63) is 70.5 Å². The van der Waals surface area contributed by atoms with E-state index in [9.17, 15) is 13.2 Å². The van der Waals surface area contributed by atoms with Crippen molar-refractivity contribution in [2.45, 2.75) is 19.4 Å². The molecule has 0 saturated heterocycles. The van der Waals surface area contributed by atoms with Crippen molar-refractivity contribution < 1.29 is 13.2 Å². The van der Waals surface area contributed by atoms with Crippen molar-refractivity contribution in [1.82, 2.24) is 5.43 Å². The molecule has 106 valence electrons. The van der Waals surface area contributed by atoms with E-state index in [4.69, 9.17) is 5.84 Å². The molecular weight excluding hydrogens is 265 g/mol. The Morgan fingerprint density at radius 2 is 1.85 bits per heavy atom. The van der Waals surface area contributed by atoms with Gasteiger partial charge in [0, 0.05) is 5.56 Å². The van der Waals surface area contributed by atoms with Crippen LogP contribution >= 0.6 is 0 Å². The van der Waals surface area contributed by atoms with E-state index in [-0.39, 0.29) is 12.0 Å². The lowest BCUT2D eigenvalue weighted by Crippen LogP contribution is -2.30. The van der Waals surface area contributed by atoms with Crippen LogP contribution < -0.4 is 11.3 Å². The van der Waals surface area contributed by atoms with Gasteiger partial charge in [-0.2, -0.15) is 0 Å². The highest BCUT2D eigenvalue weighted by atomic mass is 19.2. The van der Waals surface area contributed by atoms with Crippen molar-refractivity contribution in [3.63, 3.8) is 0 Å². The van der Waals surface area contributed by atoms with E-state index in [1.165, 1.54) is 18.2 Å². The summed E-state index contributed by atoms with van der Waals surface area (Å²) < 4.78 is 40.7. The highest BCUT2D eigenvalue weighted by Gasteiger charge is 2.18. The van der Waals surface area contributed by atoms with Gasteiger partial charge >= 0.3 is 0 Å². The van der Waals surface area contributed by atoms with Crippen molar-refractivity contribution in [3.8, 4) is 0 Å². The summed E-state index contributed by atoms with van der Waals surface area (Å²) in [5.74, 6) is 3.13. The van der Waals surface area contributed by atoms with Gasteiger partial charge in [-0.1, -0.05) is 24.3 Å². The molecule has 0 spiro atoms. The quantitative estimate of drug-likeness (QED) is 0.667. The first-order valence-electron chi connectivity index (χ1n) is 6.18. The van der Waals surface area contributed by atoms with Crippen LogP contribution in [0.15, 0.2) is 36.4 Å². The van der Waals surface area contributed by atoms with Crippen molar-refractivity contribution in [1.29, 1.82) is 0 Å². The van der Waals surface area contributed by atoms with E-state index in [2.05, 4.69) is 5.43 Å². The molecule has 3 N–H and O–H groups in total. The Morgan fingerprint density at radius 1 is 1.10 bits per heavy atom. The molecule has 0 amide bonds. The molecule has 0 saturated carbocycles. The van der Waals surface area contributed by atoms with Gasteiger partial charge < -0.3 is 0 Å². The Balaban J connectivity index is 2.31. The largest absolute Gasteiger partial charge is 0.271 e. The molecule has 2 nitrogen and oxygen atoms in total. The van der Waals surface area contributed by atoms with Crippen LogP contribution in [0.2, 0.25) is 0 Å². The number of rotatable bonds is 4. The van der Waals surface area contributed by atoms with Crippen LogP contribution in [-0.4, -0.2) is 0 Å². The monoisotopic (exact) mass is 280 g/mol. The van der Waals surface area contributed by atoms with Gasteiger partial charge in [-0.05, 0) is 36.6 Å². The minimum Gasteiger partial charge on any atom is -0.271 e. The predicted molar refractivity (Wildman–Crippen MR) is 71.3 cm³/mol. The van der Waals surface area contributed by atoms with Gasteiger partial charge in [-0.15, -0.1) is 0 Å². The highest BCUT2D eigenvalue weighted by molar-refractivity contribution is 5.29. The van der Waals surface area contributed by atoms with E-state index < -0.39 is 23.5 Å². The first-order chi connectivity index (χ1) is 9.52. The number of nitrogens with one attached hydrogen (secondary N) is 1. The fraction of sp³-hybridized carbons (Fsp3) is 0.200.